The number of rotatable bonds is 0. The number of pyridine rings is 1. The minimum Gasteiger partial charge on any atom is -0.741 e. The van der Waals surface area contributed by atoms with Crippen LogP contribution in [0.4, 0.5) is 17.7 Å². The Balaban J connectivity index is 0.000000396. The maximum Gasteiger partial charge on any atom is 0.485 e. The molecular weight excluding hydrogens is 419 g/mol. The smallest absolute Gasteiger partial charge is 0.485 e. The Kier molecular flexibility index (Phi) is 7.07. The monoisotopic (exact) mass is 417 g/mol. The molecule has 0 aliphatic carbocycles. The number of hydrogen-bond donors (Lipinski definition) is 0. The first-order valence-electron chi connectivity index (χ1n) is 3.83. The van der Waals surface area contributed by atoms with Gasteiger partial charge in [0.15, 0.2) is 10.1 Å². The van der Waals surface area contributed by atoms with Crippen LogP contribution in [0.25, 0.3) is 0 Å². The molecule has 0 amide bonds. The van der Waals surface area contributed by atoms with E-state index in [1.54, 1.807) is 0 Å². The summed E-state index contributed by atoms with van der Waals surface area (Å²) in [6.45, 7) is 0. The fourth-order valence-corrected chi connectivity index (χ4v) is 1.60. The number of alkyl halides is 3. The first-order chi connectivity index (χ1) is 8.71. The van der Waals surface area contributed by atoms with E-state index in [0.29, 0.717) is 0 Å². The summed E-state index contributed by atoms with van der Waals surface area (Å²) in [7, 11) is -6.09. The van der Waals surface area contributed by atoms with Gasteiger partial charge in [-0.25, -0.2) is 8.42 Å². The van der Waals surface area contributed by atoms with Gasteiger partial charge in [-0.1, -0.05) is 34.8 Å². The summed E-state index contributed by atoms with van der Waals surface area (Å²) in [5, 5.41) is -1.22. The molecular formula is C6Cl5F4NO3S. The SMILES string of the molecule is F[n+]1c(Cl)c(Cl)c(Cl)c(Cl)c1Cl.O=S(=O)([O-])C(F)(F)F. The average molecular weight is 419 g/mol. The third-order valence-electron chi connectivity index (χ3n) is 1.38. The van der Waals surface area contributed by atoms with Crippen molar-refractivity contribution in [3.05, 3.63) is 25.4 Å². The molecule has 0 aliphatic heterocycles. The lowest BCUT2D eigenvalue weighted by Gasteiger charge is -2.08. The highest BCUT2D eigenvalue weighted by atomic mass is 35.5. The van der Waals surface area contributed by atoms with Crippen molar-refractivity contribution in [1.29, 1.82) is 0 Å². The van der Waals surface area contributed by atoms with Crippen molar-refractivity contribution in [2.45, 2.75) is 5.51 Å². The van der Waals surface area contributed by atoms with Crippen LogP contribution in [0.3, 0.4) is 0 Å². The Hall–Kier alpha value is 0.230. The maximum atomic E-state index is 12.9. The molecule has 0 radical (unpaired) electrons. The van der Waals surface area contributed by atoms with Gasteiger partial charge in [-0.3, -0.25) is 0 Å². The van der Waals surface area contributed by atoms with Gasteiger partial charge in [-0.2, -0.15) is 13.2 Å². The zero-order valence-corrected chi connectivity index (χ0v) is 13.1. The Morgan fingerprint density at radius 3 is 1.35 bits per heavy atom. The zero-order valence-electron chi connectivity index (χ0n) is 8.48. The maximum absolute atomic E-state index is 12.9. The fourth-order valence-electron chi connectivity index (χ4n) is 0.536. The third-order valence-corrected chi connectivity index (χ3v) is 4.12. The largest absolute Gasteiger partial charge is 0.741 e. The van der Waals surface area contributed by atoms with Gasteiger partial charge < -0.3 is 4.55 Å². The summed E-state index contributed by atoms with van der Waals surface area (Å²) in [6.07, 6.45) is 0. The molecule has 0 unspecified atom stereocenters. The normalized spacial score (nSPS) is 11.9. The van der Waals surface area contributed by atoms with E-state index in [-0.39, 0.29) is 19.9 Å². The van der Waals surface area contributed by atoms with E-state index in [1.165, 1.54) is 0 Å². The van der Waals surface area contributed by atoms with Crippen LogP contribution in [0.1, 0.15) is 0 Å². The number of hydrogen-bond acceptors (Lipinski definition) is 3. The van der Waals surface area contributed by atoms with Crippen molar-refractivity contribution in [2.75, 3.05) is 0 Å². The van der Waals surface area contributed by atoms with Crippen molar-refractivity contribution < 1.29 is 35.4 Å². The quantitative estimate of drug-likeness (QED) is 0.276. The number of aromatic nitrogens is 1. The first-order valence-corrected chi connectivity index (χ1v) is 7.13. The Morgan fingerprint density at radius 2 is 1.15 bits per heavy atom. The molecule has 0 bridgehead atoms. The highest BCUT2D eigenvalue weighted by molar-refractivity contribution is 7.86. The lowest BCUT2D eigenvalue weighted by molar-refractivity contribution is -0.839. The van der Waals surface area contributed by atoms with Crippen molar-refractivity contribution in [3.8, 4) is 0 Å². The fraction of sp³-hybridized carbons (Fsp3) is 0.167. The standard InChI is InChI=1S/C5Cl5FN.CHF3O3S/c6-1-2(7)4(9)12(11)5(10)3(1)8;2-1(3,4)8(5,6)7/h;(H,5,6,7)/q+1;/p-1. The van der Waals surface area contributed by atoms with Crippen molar-refractivity contribution in [1.82, 2.24) is 0 Å². The van der Waals surface area contributed by atoms with E-state index in [0.717, 1.165) is 0 Å². The van der Waals surface area contributed by atoms with Crippen LogP contribution in [0.15, 0.2) is 0 Å². The van der Waals surface area contributed by atoms with Gasteiger partial charge in [0.2, 0.25) is 0 Å². The van der Waals surface area contributed by atoms with Crippen LogP contribution in [-0.4, -0.2) is 18.5 Å². The molecule has 0 spiro atoms. The number of nitrogens with zero attached hydrogens (tertiary/aromatic N) is 1. The van der Waals surface area contributed by atoms with E-state index >= 15 is 0 Å². The van der Waals surface area contributed by atoms with Gasteiger partial charge in [0.25, 0.3) is 0 Å². The van der Waals surface area contributed by atoms with Crippen LogP contribution in [0.2, 0.25) is 25.4 Å². The van der Waals surface area contributed by atoms with Gasteiger partial charge in [0.1, 0.15) is 10.0 Å². The Labute approximate surface area is 134 Å². The van der Waals surface area contributed by atoms with Gasteiger partial charge >= 0.3 is 15.8 Å². The Bertz CT molecular complexity index is 515. The van der Waals surface area contributed by atoms with Crippen LogP contribution in [0.5, 0.6) is 0 Å². The molecule has 1 heterocycles. The van der Waals surface area contributed by atoms with Gasteiger partial charge in [0, 0.05) is 0 Å². The lowest BCUT2D eigenvalue weighted by atomic mass is 10.5. The van der Waals surface area contributed by atoms with Crippen molar-refractivity contribution in [3.63, 3.8) is 0 Å². The topological polar surface area (TPSA) is 61.1 Å². The summed E-state index contributed by atoms with van der Waals surface area (Å²) < 4.78 is 71.8. The molecule has 1 rings (SSSR count). The summed E-state index contributed by atoms with van der Waals surface area (Å²) in [5.41, 5.74) is -5.65. The molecule has 20 heavy (non-hydrogen) atoms. The van der Waals surface area contributed by atoms with E-state index in [2.05, 4.69) is 0 Å². The van der Waals surface area contributed by atoms with Crippen LogP contribution < -0.4 is 4.79 Å². The van der Waals surface area contributed by atoms with Gasteiger partial charge in [-0.05, 0) is 23.2 Å². The molecule has 0 saturated carbocycles. The van der Waals surface area contributed by atoms with E-state index in [1.807, 2.05) is 0 Å². The molecule has 0 aromatic carbocycles. The van der Waals surface area contributed by atoms with Crippen LogP contribution >= 0.6 is 58.0 Å². The second-order valence-electron chi connectivity index (χ2n) is 2.70. The predicted octanol–water partition coefficient (Wildman–Crippen LogP) is 4.03. The molecule has 1 aromatic rings. The molecule has 0 aliphatic rings. The first kappa shape index (κ1) is 20.2. The highest BCUT2D eigenvalue weighted by Crippen LogP contribution is 2.36. The molecule has 4 nitrogen and oxygen atoms in total. The summed E-state index contributed by atoms with van der Waals surface area (Å²) >= 11 is 27.3. The molecule has 0 N–H and O–H groups in total. The van der Waals surface area contributed by atoms with Crippen molar-refractivity contribution >= 4 is 68.1 Å². The number of halogens is 9. The molecule has 14 heteroatoms. The van der Waals surface area contributed by atoms with Gasteiger partial charge in [-0.15, -0.1) is 0 Å². The molecule has 1 aromatic heterocycles. The van der Waals surface area contributed by atoms with E-state index in [4.69, 9.17) is 71.0 Å². The summed E-state index contributed by atoms with van der Waals surface area (Å²) in [4.78, 5) is -0.0559. The van der Waals surface area contributed by atoms with Gasteiger partial charge in [0.05, 0.1) is 14.3 Å². The minimum atomic E-state index is -6.09. The van der Waals surface area contributed by atoms with E-state index < -0.39 is 25.9 Å². The molecule has 0 atom stereocenters. The zero-order chi connectivity index (χ0) is 16.5. The molecule has 0 saturated heterocycles. The third kappa shape index (κ3) is 4.90. The van der Waals surface area contributed by atoms with E-state index in [9.17, 15) is 17.7 Å². The van der Waals surface area contributed by atoms with Crippen molar-refractivity contribution in [2.24, 2.45) is 0 Å². The summed E-state index contributed by atoms with van der Waals surface area (Å²) in [6, 6.07) is 0. The lowest BCUT2D eigenvalue weighted by Crippen LogP contribution is -2.26. The minimum absolute atomic E-state index is 0.0559. The summed E-state index contributed by atoms with van der Waals surface area (Å²) in [5.74, 6) is 0. The Morgan fingerprint density at radius 1 is 0.900 bits per heavy atom. The van der Waals surface area contributed by atoms with Crippen LogP contribution in [-0.2, 0) is 10.1 Å². The van der Waals surface area contributed by atoms with Crippen LogP contribution in [0, 0.1) is 0 Å². The molecule has 0 fully saturated rings. The molecule has 116 valence electrons. The predicted molar refractivity (Wildman–Crippen MR) is 63.9 cm³/mol. The average Bonchev–Trinajstić information content (AvgIpc) is 2.30. The highest BCUT2D eigenvalue weighted by Gasteiger charge is 2.36. The second kappa shape index (κ2) is 6.99. The second-order valence-corrected chi connectivity index (χ2v) is 5.93.